The molecule has 1 fully saturated rings. The highest BCUT2D eigenvalue weighted by atomic mass is 32.1. The van der Waals surface area contributed by atoms with Gasteiger partial charge in [-0.1, -0.05) is 30.3 Å². The molecule has 0 unspecified atom stereocenters. The zero-order valence-electron chi connectivity index (χ0n) is 17.6. The number of aromatic nitrogens is 1. The van der Waals surface area contributed by atoms with Crippen molar-refractivity contribution < 1.29 is 14.7 Å². The minimum Gasteiger partial charge on any atom is -0.508 e. The van der Waals surface area contributed by atoms with Gasteiger partial charge in [-0.15, -0.1) is 11.3 Å². The van der Waals surface area contributed by atoms with E-state index in [0.717, 1.165) is 33.7 Å². The number of hydrogen-bond acceptors (Lipinski definition) is 5. The van der Waals surface area contributed by atoms with Crippen molar-refractivity contribution in [2.24, 2.45) is 0 Å². The fraction of sp³-hybridized carbons (Fsp3) is 0.292. The predicted octanol–water partition coefficient (Wildman–Crippen LogP) is 4.05. The van der Waals surface area contributed by atoms with Crippen LogP contribution >= 0.6 is 11.3 Å². The summed E-state index contributed by atoms with van der Waals surface area (Å²) in [6.07, 6.45) is 1.42. The van der Waals surface area contributed by atoms with E-state index in [4.69, 9.17) is 0 Å². The van der Waals surface area contributed by atoms with Gasteiger partial charge in [0, 0.05) is 18.7 Å². The molecule has 1 saturated heterocycles. The first-order chi connectivity index (χ1) is 14.9. The zero-order chi connectivity index (χ0) is 22.0. The monoisotopic (exact) mass is 435 g/mol. The van der Waals surface area contributed by atoms with Crippen molar-refractivity contribution in [2.75, 3.05) is 6.54 Å². The number of amides is 2. The number of nitrogens with one attached hydrogen (secondary N) is 1. The number of likely N-dealkylation sites (tertiary alicyclic amines) is 1. The van der Waals surface area contributed by atoms with Crippen LogP contribution in [0.3, 0.4) is 0 Å². The third-order valence-electron chi connectivity index (χ3n) is 5.70. The molecule has 7 heteroatoms. The van der Waals surface area contributed by atoms with Gasteiger partial charge in [0.1, 0.15) is 11.8 Å². The number of aromatic hydroxyl groups is 1. The molecule has 1 atom stereocenters. The maximum absolute atomic E-state index is 13.0. The van der Waals surface area contributed by atoms with E-state index in [9.17, 15) is 14.7 Å². The fourth-order valence-electron chi connectivity index (χ4n) is 3.94. The molecule has 160 valence electrons. The van der Waals surface area contributed by atoms with E-state index >= 15 is 0 Å². The van der Waals surface area contributed by atoms with Gasteiger partial charge < -0.3 is 15.3 Å². The number of aryl methyl sites for hydroxylation is 2. The Labute approximate surface area is 185 Å². The number of benzene rings is 2. The van der Waals surface area contributed by atoms with E-state index < -0.39 is 6.04 Å². The van der Waals surface area contributed by atoms with Gasteiger partial charge in [0.25, 0.3) is 5.91 Å². The van der Waals surface area contributed by atoms with Crippen LogP contribution in [0.25, 0.3) is 10.4 Å². The molecule has 2 amide bonds. The zero-order valence-corrected chi connectivity index (χ0v) is 18.4. The van der Waals surface area contributed by atoms with Crippen LogP contribution in [0.15, 0.2) is 48.0 Å². The molecule has 2 aromatic carbocycles. The minimum absolute atomic E-state index is 0.0473. The lowest BCUT2D eigenvalue weighted by molar-refractivity contribution is -0.125. The summed E-state index contributed by atoms with van der Waals surface area (Å²) in [6.45, 7) is 4.77. The summed E-state index contributed by atoms with van der Waals surface area (Å²) in [5, 5.41) is 12.7. The third-order valence-corrected chi connectivity index (χ3v) is 6.67. The summed E-state index contributed by atoms with van der Waals surface area (Å²) in [5.41, 5.74) is 6.19. The number of hydrogen-bond donors (Lipinski definition) is 2. The van der Waals surface area contributed by atoms with Crippen molar-refractivity contribution in [1.29, 1.82) is 0 Å². The molecule has 6 nitrogen and oxygen atoms in total. The molecule has 1 aliphatic rings. The highest BCUT2D eigenvalue weighted by Crippen LogP contribution is 2.27. The van der Waals surface area contributed by atoms with Crippen LogP contribution in [0, 0.1) is 13.8 Å². The Kier molecular flexibility index (Phi) is 6.04. The second-order valence-electron chi connectivity index (χ2n) is 7.84. The number of phenols is 1. The number of rotatable bonds is 5. The maximum atomic E-state index is 13.0. The van der Waals surface area contributed by atoms with Gasteiger partial charge in [0.05, 0.1) is 16.1 Å². The van der Waals surface area contributed by atoms with E-state index in [-0.39, 0.29) is 17.6 Å². The molecular weight excluding hydrogens is 410 g/mol. The van der Waals surface area contributed by atoms with Gasteiger partial charge in [0.15, 0.2) is 0 Å². The Balaban J connectivity index is 1.40. The quantitative estimate of drug-likeness (QED) is 0.633. The second kappa shape index (κ2) is 8.89. The molecule has 0 aliphatic carbocycles. The first kappa shape index (κ1) is 21.1. The standard InChI is InChI=1S/C24H25N3O3S/c1-15-5-10-19(28)12-20(15)24(30)27-11-3-4-21(27)23(29)25-13-17-6-8-18(9-7-17)22-16(2)26-14-31-22/h5-10,12,14,21,28H,3-4,11,13H2,1-2H3,(H,25,29)/t21-/m0/s1. The molecule has 0 radical (unpaired) electrons. The van der Waals surface area contributed by atoms with Crippen molar-refractivity contribution in [3.63, 3.8) is 0 Å². The highest BCUT2D eigenvalue weighted by Gasteiger charge is 2.34. The van der Waals surface area contributed by atoms with Crippen LogP contribution in [0.2, 0.25) is 0 Å². The Morgan fingerprint density at radius 2 is 1.97 bits per heavy atom. The maximum Gasteiger partial charge on any atom is 0.254 e. The molecule has 31 heavy (non-hydrogen) atoms. The van der Waals surface area contributed by atoms with E-state index in [0.29, 0.717) is 25.1 Å². The second-order valence-corrected chi connectivity index (χ2v) is 8.69. The summed E-state index contributed by atoms with van der Waals surface area (Å²) in [7, 11) is 0. The van der Waals surface area contributed by atoms with Gasteiger partial charge in [0.2, 0.25) is 5.91 Å². The smallest absolute Gasteiger partial charge is 0.254 e. The van der Waals surface area contributed by atoms with Crippen molar-refractivity contribution in [2.45, 2.75) is 39.3 Å². The molecule has 4 rings (SSSR count). The number of phenolic OH excluding ortho intramolecular Hbond substituents is 1. The summed E-state index contributed by atoms with van der Waals surface area (Å²) in [4.78, 5) is 32.9. The fourth-order valence-corrected chi connectivity index (χ4v) is 4.75. The van der Waals surface area contributed by atoms with E-state index in [1.165, 1.54) is 6.07 Å². The van der Waals surface area contributed by atoms with Crippen LogP contribution in [-0.4, -0.2) is 39.4 Å². The van der Waals surface area contributed by atoms with Crippen LogP contribution in [0.4, 0.5) is 0 Å². The predicted molar refractivity (Wildman–Crippen MR) is 121 cm³/mol. The van der Waals surface area contributed by atoms with Crippen molar-refractivity contribution >= 4 is 23.2 Å². The summed E-state index contributed by atoms with van der Waals surface area (Å²) in [5.74, 6) is -0.313. The first-order valence-corrected chi connectivity index (χ1v) is 11.2. The SMILES string of the molecule is Cc1ccc(O)cc1C(=O)N1CCC[C@H]1C(=O)NCc1ccc(-c2scnc2C)cc1. The molecule has 2 heterocycles. The number of carbonyl (C=O) groups is 2. The number of nitrogens with zero attached hydrogens (tertiary/aromatic N) is 2. The lowest BCUT2D eigenvalue weighted by atomic mass is 10.1. The van der Waals surface area contributed by atoms with Gasteiger partial charge in [-0.05, 0) is 55.5 Å². The van der Waals surface area contributed by atoms with Crippen molar-refractivity contribution in [3.8, 4) is 16.2 Å². The lowest BCUT2D eigenvalue weighted by Gasteiger charge is -2.25. The van der Waals surface area contributed by atoms with E-state index in [2.05, 4.69) is 10.3 Å². The van der Waals surface area contributed by atoms with E-state index in [1.807, 2.05) is 43.6 Å². The normalized spacial score (nSPS) is 15.8. The molecule has 0 bridgehead atoms. The van der Waals surface area contributed by atoms with Crippen LogP contribution in [0.1, 0.15) is 40.0 Å². The largest absolute Gasteiger partial charge is 0.508 e. The molecule has 0 spiro atoms. The number of carbonyl (C=O) groups excluding carboxylic acids is 2. The Morgan fingerprint density at radius 1 is 1.19 bits per heavy atom. The topological polar surface area (TPSA) is 82.5 Å². The average molecular weight is 436 g/mol. The van der Waals surface area contributed by atoms with Crippen molar-refractivity contribution in [3.05, 3.63) is 70.4 Å². The van der Waals surface area contributed by atoms with Crippen LogP contribution < -0.4 is 5.32 Å². The average Bonchev–Trinajstić information content (AvgIpc) is 3.43. The van der Waals surface area contributed by atoms with Gasteiger partial charge in [-0.2, -0.15) is 0 Å². The van der Waals surface area contributed by atoms with Gasteiger partial charge in [-0.25, -0.2) is 4.98 Å². The molecule has 1 aliphatic heterocycles. The third kappa shape index (κ3) is 4.46. The summed E-state index contributed by atoms with van der Waals surface area (Å²) >= 11 is 1.61. The molecular formula is C24H25N3O3S. The summed E-state index contributed by atoms with van der Waals surface area (Å²) < 4.78 is 0. The lowest BCUT2D eigenvalue weighted by Crippen LogP contribution is -2.45. The first-order valence-electron chi connectivity index (χ1n) is 10.3. The Bertz CT molecular complexity index is 1110. The molecule has 3 aromatic rings. The van der Waals surface area contributed by atoms with E-state index in [1.54, 1.807) is 28.4 Å². The molecule has 0 saturated carbocycles. The van der Waals surface area contributed by atoms with Crippen LogP contribution in [-0.2, 0) is 11.3 Å². The molecule has 2 N–H and O–H groups in total. The summed E-state index contributed by atoms with van der Waals surface area (Å²) in [6, 6.07) is 12.3. The molecule has 1 aromatic heterocycles. The van der Waals surface area contributed by atoms with Gasteiger partial charge in [-0.3, -0.25) is 9.59 Å². The highest BCUT2D eigenvalue weighted by molar-refractivity contribution is 7.13. The number of thiazole rings is 1. The van der Waals surface area contributed by atoms with Crippen LogP contribution in [0.5, 0.6) is 5.75 Å². The Hall–Kier alpha value is -3.19. The van der Waals surface area contributed by atoms with Crippen molar-refractivity contribution in [1.82, 2.24) is 15.2 Å². The Morgan fingerprint density at radius 3 is 2.68 bits per heavy atom. The van der Waals surface area contributed by atoms with Gasteiger partial charge >= 0.3 is 0 Å². The minimum atomic E-state index is -0.492.